The summed E-state index contributed by atoms with van der Waals surface area (Å²) in [5.41, 5.74) is 5.58. The Morgan fingerprint density at radius 3 is 2.32 bits per heavy atom. The van der Waals surface area contributed by atoms with E-state index in [0.717, 1.165) is 28.1 Å². The Hall–Kier alpha value is -3.07. The Morgan fingerprint density at radius 1 is 1.03 bits per heavy atom. The fraction of sp³-hybridized carbons (Fsp3) is 0.406. The zero-order valence-electron chi connectivity index (χ0n) is 23.5. The van der Waals surface area contributed by atoms with Crippen molar-refractivity contribution in [2.75, 3.05) is 7.05 Å². The van der Waals surface area contributed by atoms with Crippen LogP contribution >= 0.6 is 0 Å². The van der Waals surface area contributed by atoms with Gasteiger partial charge in [-0.2, -0.15) is 0 Å². The van der Waals surface area contributed by atoms with Crippen LogP contribution in [-0.4, -0.2) is 43.5 Å². The second kappa shape index (κ2) is 10.4. The number of aromatic nitrogens is 1. The van der Waals surface area contributed by atoms with E-state index in [1.54, 1.807) is 0 Å². The van der Waals surface area contributed by atoms with Gasteiger partial charge in [0.25, 0.3) is 0 Å². The minimum absolute atomic E-state index is 0.0109. The highest BCUT2D eigenvalue weighted by Crippen LogP contribution is 2.48. The maximum atomic E-state index is 13.2. The first-order valence-corrected chi connectivity index (χ1v) is 16.0. The summed E-state index contributed by atoms with van der Waals surface area (Å²) in [7, 11) is 0.364. The molecule has 3 atom stereocenters. The maximum Gasteiger partial charge on any atom is 0.223 e. The number of amides is 1. The van der Waals surface area contributed by atoms with E-state index >= 15 is 0 Å². The Labute approximate surface area is 224 Å². The lowest BCUT2D eigenvalue weighted by Crippen LogP contribution is -2.61. The van der Waals surface area contributed by atoms with Gasteiger partial charge in [0.2, 0.25) is 5.91 Å². The van der Waals surface area contributed by atoms with Crippen LogP contribution in [0.5, 0.6) is 0 Å². The molecule has 1 N–H and O–H groups in total. The third-order valence-electron chi connectivity index (χ3n) is 7.48. The molecule has 2 aromatic carbocycles. The van der Waals surface area contributed by atoms with Crippen LogP contribution in [0.25, 0.3) is 11.1 Å². The van der Waals surface area contributed by atoms with E-state index in [1.165, 1.54) is 5.56 Å². The van der Waals surface area contributed by atoms with Gasteiger partial charge in [-0.3, -0.25) is 4.79 Å². The van der Waals surface area contributed by atoms with E-state index in [-0.39, 0.29) is 23.3 Å². The van der Waals surface area contributed by atoms with Crippen LogP contribution in [0.3, 0.4) is 0 Å². The normalized spacial score (nSPS) is 19.6. The van der Waals surface area contributed by atoms with Crippen molar-refractivity contribution in [2.24, 2.45) is 5.41 Å². The monoisotopic (exact) mass is 512 g/mol. The lowest BCUT2D eigenvalue weighted by molar-refractivity contribution is -0.131. The molecular formula is C32H40N2O2Si. The van der Waals surface area contributed by atoms with E-state index in [0.29, 0.717) is 6.42 Å². The molecule has 2 heterocycles. The predicted molar refractivity (Wildman–Crippen MR) is 155 cm³/mol. The van der Waals surface area contributed by atoms with Crippen LogP contribution in [0, 0.1) is 31.1 Å². The van der Waals surface area contributed by atoms with Gasteiger partial charge in [0.05, 0.1) is 6.04 Å². The van der Waals surface area contributed by atoms with Crippen LogP contribution in [0.4, 0.5) is 0 Å². The van der Waals surface area contributed by atoms with E-state index in [2.05, 4.69) is 107 Å². The van der Waals surface area contributed by atoms with E-state index in [1.807, 2.05) is 30.1 Å². The number of aromatic amines is 1. The summed E-state index contributed by atoms with van der Waals surface area (Å²) < 4.78 is 6.98. The molecule has 37 heavy (non-hydrogen) atoms. The first-order valence-electron chi connectivity index (χ1n) is 13.2. The molecule has 4 rings (SSSR count). The highest BCUT2D eigenvalue weighted by Gasteiger charge is 2.57. The fourth-order valence-electron chi connectivity index (χ4n) is 5.73. The third kappa shape index (κ3) is 5.32. The number of nitrogens with zero attached hydrogens (tertiary/aromatic N) is 1. The average molecular weight is 513 g/mol. The van der Waals surface area contributed by atoms with Crippen LogP contribution in [0.15, 0.2) is 60.7 Å². The molecule has 1 saturated heterocycles. The van der Waals surface area contributed by atoms with Crippen LogP contribution in [0.1, 0.15) is 55.6 Å². The Balaban J connectivity index is 1.87. The molecule has 0 saturated carbocycles. The lowest BCUT2D eigenvalue weighted by Gasteiger charge is -2.50. The number of benzene rings is 2. The number of carbonyl (C=O) groups excluding carboxylic acids is 1. The van der Waals surface area contributed by atoms with Crippen LogP contribution < -0.4 is 0 Å². The maximum absolute atomic E-state index is 13.2. The van der Waals surface area contributed by atoms with Gasteiger partial charge in [-0.05, 0) is 56.3 Å². The number of carbonyl (C=O) groups is 1. The number of likely N-dealkylation sites (N-methyl/N-ethyl adjacent to an activating group) is 1. The second-order valence-electron chi connectivity index (χ2n) is 11.6. The molecule has 0 spiro atoms. The topological polar surface area (TPSA) is 45.3 Å². The number of hydrogen-bond acceptors (Lipinski definition) is 2. The molecule has 2 unspecified atom stereocenters. The molecule has 4 nitrogen and oxygen atoms in total. The lowest BCUT2D eigenvalue weighted by atomic mass is 9.68. The number of hydrogen-bond donors (Lipinski definition) is 1. The number of rotatable bonds is 5. The zero-order valence-corrected chi connectivity index (χ0v) is 24.6. The summed E-state index contributed by atoms with van der Waals surface area (Å²) >= 11 is 0. The van der Waals surface area contributed by atoms with Gasteiger partial charge in [0, 0.05) is 47.3 Å². The molecule has 3 aromatic rings. The summed E-state index contributed by atoms with van der Waals surface area (Å²) in [6, 6.07) is 20.8. The first kappa shape index (κ1) is 27.0. The van der Waals surface area contributed by atoms with Gasteiger partial charge in [0.15, 0.2) is 9.04 Å². The molecule has 194 valence electrons. The molecule has 1 amide bonds. The Bertz CT molecular complexity index is 1330. The number of aryl methyl sites for hydroxylation is 2. The molecule has 0 aliphatic carbocycles. The van der Waals surface area contributed by atoms with Crippen molar-refractivity contribution in [3.63, 3.8) is 0 Å². The molecule has 0 bridgehead atoms. The SMILES string of the molecule is Cc1cc(-c2cccc(C#C[C@@](O[SiH](C)C)(C3C(c4ccccc4)CC(=O)N3C)C(C)(C)C)c2)c(C)[nH]1. The fourth-order valence-corrected chi connectivity index (χ4v) is 7.03. The van der Waals surface area contributed by atoms with E-state index in [9.17, 15) is 4.79 Å². The van der Waals surface area contributed by atoms with Crippen molar-refractivity contribution in [2.45, 2.75) is 71.7 Å². The van der Waals surface area contributed by atoms with E-state index in [4.69, 9.17) is 4.43 Å². The van der Waals surface area contributed by atoms with Gasteiger partial charge < -0.3 is 14.3 Å². The van der Waals surface area contributed by atoms with Crippen molar-refractivity contribution in [3.05, 3.63) is 83.2 Å². The predicted octanol–water partition coefficient (Wildman–Crippen LogP) is 6.45. The van der Waals surface area contributed by atoms with Crippen molar-refractivity contribution < 1.29 is 9.22 Å². The van der Waals surface area contributed by atoms with Crippen molar-refractivity contribution in [1.82, 2.24) is 9.88 Å². The highest BCUT2D eigenvalue weighted by molar-refractivity contribution is 6.48. The summed E-state index contributed by atoms with van der Waals surface area (Å²) in [6.45, 7) is 15.1. The van der Waals surface area contributed by atoms with Crippen molar-refractivity contribution in [1.29, 1.82) is 0 Å². The van der Waals surface area contributed by atoms with Crippen LogP contribution in [-0.2, 0) is 9.22 Å². The Kier molecular flexibility index (Phi) is 7.55. The minimum Gasteiger partial charge on any atom is -0.402 e. The molecule has 1 aliphatic heterocycles. The number of nitrogens with one attached hydrogen (secondary N) is 1. The molecule has 1 aliphatic rings. The third-order valence-corrected chi connectivity index (χ3v) is 8.33. The molecule has 1 fully saturated rings. The minimum atomic E-state index is -1.55. The first-order chi connectivity index (χ1) is 17.4. The van der Waals surface area contributed by atoms with Gasteiger partial charge in [-0.15, -0.1) is 0 Å². The van der Waals surface area contributed by atoms with Gasteiger partial charge in [-0.25, -0.2) is 0 Å². The van der Waals surface area contributed by atoms with Crippen molar-refractivity contribution >= 4 is 14.9 Å². The smallest absolute Gasteiger partial charge is 0.223 e. The van der Waals surface area contributed by atoms with Gasteiger partial charge in [-0.1, -0.05) is 75.1 Å². The number of likely N-dealkylation sites (tertiary alicyclic amines) is 1. The quantitative estimate of drug-likeness (QED) is 0.315. The zero-order chi connectivity index (χ0) is 27.0. The van der Waals surface area contributed by atoms with E-state index < -0.39 is 14.6 Å². The molecule has 0 radical (unpaired) electrons. The highest BCUT2D eigenvalue weighted by atomic mass is 28.3. The van der Waals surface area contributed by atoms with Gasteiger partial charge in [0.1, 0.15) is 5.60 Å². The summed E-state index contributed by atoms with van der Waals surface area (Å²) in [5.74, 6) is 7.34. The summed E-state index contributed by atoms with van der Waals surface area (Å²) in [6.07, 6.45) is 0.468. The number of H-pyrrole nitrogens is 1. The van der Waals surface area contributed by atoms with Gasteiger partial charge >= 0.3 is 0 Å². The van der Waals surface area contributed by atoms with Crippen molar-refractivity contribution in [3.8, 4) is 23.0 Å². The molecule has 1 aromatic heterocycles. The summed E-state index contributed by atoms with van der Waals surface area (Å²) in [4.78, 5) is 18.5. The average Bonchev–Trinajstić information content (AvgIpc) is 3.34. The largest absolute Gasteiger partial charge is 0.402 e. The Morgan fingerprint density at radius 2 is 1.73 bits per heavy atom. The summed E-state index contributed by atoms with van der Waals surface area (Å²) in [5, 5.41) is 0. The second-order valence-corrected chi connectivity index (χ2v) is 14.0. The standard InChI is InChI=1S/C32H40N2O2Si/c1-22-19-27(23(2)33-22)26-16-12-13-24(20-26)17-18-32(31(3,4)5,36-37(7)8)30-28(21-29(35)34(30)6)25-14-10-9-11-15-25/h9-16,19-20,28,30,33,37H,21H2,1-8H3/t28?,30?,32-/m1/s1. The van der Waals surface area contributed by atoms with Crippen LogP contribution in [0.2, 0.25) is 13.1 Å². The molecule has 5 heteroatoms. The molecular weight excluding hydrogens is 472 g/mol.